The second kappa shape index (κ2) is 7.07. The summed E-state index contributed by atoms with van der Waals surface area (Å²) in [6.07, 6.45) is 7.91. The van der Waals surface area contributed by atoms with Crippen molar-refractivity contribution >= 4 is 5.91 Å². The summed E-state index contributed by atoms with van der Waals surface area (Å²) < 4.78 is 11.5. The van der Waals surface area contributed by atoms with Crippen LogP contribution in [0.25, 0.3) is 0 Å². The Morgan fingerprint density at radius 1 is 1.22 bits per heavy atom. The fourth-order valence-corrected chi connectivity index (χ4v) is 3.23. The molecule has 2 aliphatic rings. The Labute approximate surface area is 138 Å². The van der Waals surface area contributed by atoms with E-state index in [-0.39, 0.29) is 12.0 Å². The highest BCUT2D eigenvalue weighted by Crippen LogP contribution is 2.33. The lowest BCUT2D eigenvalue weighted by Gasteiger charge is -2.26. The molecule has 124 valence electrons. The van der Waals surface area contributed by atoms with Crippen molar-refractivity contribution in [3.63, 3.8) is 0 Å². The Kier molecular flexibility index (Phi) is 4.89. The minimum absolute atomic E-state index is 0.0627. The molecule has 0 atom stereocenters. The van der Waals surface area contributed by atoms with E-state index >= 15 is 0 Å². The van der Waals surface area contributed by atoms with Gasteiger partial charge in [0.1, 0.15) is 0 Å². The lowest BCUT2D eigenvalue weighted by atomic mass is 10.1. The highest BCUT2D eigenvalue weighted by atomic mass is 16.5. The van der Waals surface area contributed by atoms with Gasteiger partial charge in [-0.3, -0.25) is 4.79 Å². The standard InChI is InChI=1S/C19H25NO3/c1-14-9-11-20(12-10-14)19(21)15-7-8-17(22-2)18(13-15)23-16-5-3-4-6-16/h7-9,13,16H,3-6,10-12H2,1-2H3. The molecule has 0 radical (unpaired) electrons. The van der Waals surface area contributed by atoms with Gasteiger partial charge < -0.3 is 14.4 Å². The van der Waals surface area contributed by atoms with Crippen LogP contribution < -0.4 is 9.47 Å². The number of carbonyl (C=O) groups excluding carboxylic acids is 1. The molecule has 1 aromatic carbocycles. The maximum Gasteiger partial charge on any atom is 0.254 e. The smallest absolute Gasteiger partial charge is 0.254 e. The topological polar surface area (TPSA) is 38.8 Å². The maximum absolute atomic E-state index is 12.7. The molecule has 4 nitrogen and oxygen atoms in total. The van der Waals surface area contributed by atoms with Crippen molar-refractivity contribution in [3.8, 4) is 11.5 Å². The number of hydrogen-bond donors (Lipinski definition) is 0. The SMILES string of the molecule is COc1ccc(C(=O)N2CC=C(C)CC2)cc1OC1CCCC1. The van der Waals surface area contributed by atoms with Crippen molar-refractivity contribution in [1.82, 2.24) is 4.90 Å². The van der Waals surface area contributed by atoms with Crippen LogP contribution in [0.15, 0.2) is 29.8 Å². The lowest BCUT2D eigenvalue weighted by molar-refractivity contribution is 0.0768. The molecule has 1 saturated carbocycles. The fourth-order valence-electron chi connectivity index (χ4n) is 3.23. The van der Waals surface area contributed by atoms with E-state index in [4.69, 9.17) is 9.47 Å². The molecule has 0 saturated heterocycles. The van der Waals surface area contributed by atoms with Crippen LogP contribution in [0.1, 0.15) is 49.4 Å². The first-order valence-corrected chi connectivity index (χ1v) is 8.47. The van der Waals surface area contributed by atoms with E-state index < -0.39 is 0 Å². The van der Waals surface area contributed by atoms with Gasteiger partial charge in [0.05, 0.1) is 13.2 Å². The molecule has 0 N–H and O–H groups in total. The largest absolute Gasteiger partial charge is 0.493 e. The normalized spacial score (nSPS) is 18.7. The van der Waals surface area contributed by atoms with Gasteiger partial charge in [-0.25, -0.2) is 0 Å². The van der Waals surface area contributed by atoms with Crippen LogP contribution in [-0.4, -0.2) is 37.1 Å². The van der Waals surface area contributed by atoms with Crippen LogP contribution in [0.2, 0.25) is 0 Å². The Bertz CT molecular complexity index is 603. The molecule has 1 fully saturated rings. The second-order valence-corrected chi connectivity index (χ2v) is 6.44. The summed E-state index contributed by atoms with van der Waals surface area (Å²) in [7, 11) is 1.64. The quantitative estimate of drug-likeness (QED) is 0.793. The van der Waals surface area contributed by atoms with Crippen molar-refractivity contribution in [3.05, 3.63) is 35.4 Å². The molecule has 1 aliphatic heterocycles. The first-order valence-electron chi connectivity index (χ1n) is 8.47. The molecule has 1 aromatic rings. The minimum atomic E-state index is 0.0627. The van der Waals surface area contributed by atoms with Gasteiger partial charge in [-0.15, -0.1) is 0 Å². The number of carbonyl (C=O) groups is 1. The first kappa shape index (κ1) is 15.9. The molecular weight excluding hydrogens is 290 g/mol. The van der Waals surface area contributed by atoms with Crippen LogP contribution in [0.5, 0.6) is 11.5 Å². The number of methoxy groups -OCH3 is 1. The monoisotopic (exact) mass is 315 g/mol. The van der Waals surface area contributed by atoms with Crippen molar-refractivity contribution in [2.24, 2.45) is 0 Å². The van der Waals surface area contributed by atoms with Crippen molar-refractivity contribution in [2.45, 2.75) is 45.1 Å². The number of nitrogens with zero attached hydrogens (tertiary/aromatic N) is 1. The zero-order valence-corrected chi connectivity index (χ0v) is 14.0. The fraction of sp³-hybridized carbons (Fsp3) is 0.526. The maximum atomic E-state index is 12.7. The Balaban J connectivity index is 1.77. The summed E-state index contributed by atoms with van der Waals surface area (Å²) >= 11 is 0. The van der Waals surface area contributed by atoms with Crippen LogP contribution in [0.4, 0.5) is 0 Å². The average molecular weight is 315 g/mol. The molecule has 0 aromatic heterocycles. The summed E-state index contributed by atoms with van der Waals surface area (Å²) in [4.78, 5) is 14.6. The second-order valence-electron chi connectivity index (χ2n) is 6.44. The summed E-state index contributed by atoms with van der Waals surface area (Å²) in [6.45, 7) is 3.59. The van der Waals surface area contributed by atoms with E-state index in [9.17, 15) is 4.79 Å². The zero-order chi connectivity index (χ0) is 16.2. The highest BCUT2D eigenvalue weighted by molar-refractivity contribution is 5.95. The number of rotatable bonds is 4. The molecule has 3 rings (SSSR count). The third kappa shape index (κ3) is 3.69. The molecule has 0 spiro atoms. The summed E-state index contributed by atoms with van der Waals surface area (Å²) in [6, 6.07) is 5.50. The molecule has 1 amide bonds. The minimum Gasteiger partial charge on any atom is -0.493 e. The molecule has 0 bridgehead atoms. The lowest BCUT2D eigenvalue weighted by Crippen LogP contribution is -2.34. The highest BCUT2D eigenvalue weighted by Gasteiger charge is 2.22. The first-order chi connectivity index (χ1) is 11.2. The van der Waals surface area contributed by atoms with Gasteiger partial charge >= 0.3 is 0 Å². The van der Waals surface area contributed by atoms with E-state index in [0.717, 1.165) is 25.8 Å². The Morgan fingerprint density at radius 2 is 2.00 bits per heavy atom. The molecule has 4 heteroatoms. The van der Waals surface area contributed by atoms with Crippen LogP contribution in [0.3, 0.4) is 0 Å². The number of amides is 1. The van der Waals surface area contributed by atoms with Crippen molar-refractivity contribution in [1.29, 1.82) is 0 Å². The van der Waals surface area contributed by atoms with E-state index in [2.05, 4.69) is 13.0 Å². The number of benzene rings is 1. The van der Waals surface area contributed by atoms with Crippen LogP contribution >= 0.6 is 0 Å². The predicted molar refractivity (Wildman–Crippen MR) is 90.2 cm³/mol. The molecular formula is C19H25NO3. The van der Waals surface area contributed by atoms with E-state index in [1.54, 1.807) is 7.11 Å². The number of hydrogen-bond acceptors (Lipinski definition) is 3. The Hall–Kier alpha value is -1.97. The summed E-state index contributed by atoms with van der Waals surface area (Å²) in [5, 5.41) is 0. The molecule has 0 unspecified atom stereocenters. The predicted octanol–water partition coefficient (Wildman–Crippen LogP) is 3.81. The van der Waals surface area contributed by atoms with E-state index in [1.165, 1.54) is 18.4 Å². The number of ether oxygens (including phenoxy) is 2. The van der Waals surface area contributed by atoms with Gasteiger partial charge in [0, 0.05) is 18.7 Å². The Morgan fingerprint density at radius 3 is 2.65 bits per heavy atom. The van der Waals surface area contributed by atoms with Gasteiger partial charge in [0.2, 0.25) is 0 Å². The van der Waals surface area contributed by atoms with Gasteiger partial charge in [-0.1, -0.05) is 11.6 Å². The van der Waals surface area contributed by atoms with Crippen LogP contribution in [-0.2, 0) is 0 Å². The van der Waals surface area contributed by atoms with Crippen molar-refractivity contribution in [2.75, 3.05) is 20.2 Å². The van der Waals surface area contributed by atoms with E-state index in [1.807, 2.05) is 23.1 Å². The van der Waals surface area contributed by atoms with Gasteiger partial charge in [0.15, 0.2) is 11.5 Å². The third-order valence-electron chi connectivity index (χ3n) is 4.73. The van der Waals surface area contributed by atoms with Gasteiger partial charge in [0.25, 0.3) is 5.91 Å². The van der Waals surface area contributed by atoms with Crippen LogP contribution in [0, 0.1) is 0 Å². The molecule has 1 heterocycles. The zero-order valence-electron chi connectivity index (χ0n) is 14.0. The molecule has 1 aliphatic carbocycles. The third-order valence-corrected chi connectivity index (χ3v) is 4.73. The van der Waals surface area contributed by atoms with Gasteiger partial charge in [-0.2, -0.15) is 0 Å². The van der Waals surface area contributed by atoms with Gasteiger partial charge in [-0.05, 0) is 57.2 Å². The van der Waals surface area contributed by atoms with Crippen molar-refractivity contribution < 1.29 is 14.3 Å². The average Bonchev–Trinajstić information content (AvgIpc) is 3.08. The molecule has 23 heavy (non-hydrogen) atoms. The van der Waals surface area contributed by atoms with E-state index in [0.29, 0.717) is 23.6 Å². The summed E-state index contributed by atoms with van der Waals surface area (Å²) in [5.41, 5.74) is 2.03. The summed E-state index contributed by atoms with van der Waals surface area (Å²) in [5.74, 6) is 1.45.